The van der Waals surface area contributed by atoms with Crippen LogP contribution in [0.15, 0.2) is 60.7 Å². The number of nitrogens with one attached hydrogen (secondary N) is 2. The Balaban J connectivity index is 1.72. The molecule has 0 atom stereocenters. The number of fused-ring (bicyclic) bond motifs is 1. The summed E-state index contributed by atoms with van der Waals surface area (Å²) in [4.78, 5) is 16.4. The molecule has 2 aromatic carbocycles. The summed E-state index contributed by atoms with van der Waals surface area (Å²) in [7, 11) is -3.84. The number of hydrogen-bond acceptors (Lipinski definition) is 7. The molecule has 0 unspecified atom stereocenters. The summed E-state index contributed by atoms with van der Waals surface area (Å²) in [5, 5.41) is 0. The van der Waals surface area contributed by atoms with E-state index in [1.807, 2.05) is 13.8 Å². The number of imidazole rings is 2. The van der Waals surface area contributed by atoms with Crippen molar-refractivity contribution in [2.45, 2.75) is 26.6 Å². The lowest BCUT2D eigenvalue weighted by atomic mass is 10.1. The van der Waals surface area contributed by atoms with Gasteiger partial charge in [-0.1, -0.05) is 50.2 Å². The van der Waals surface area contributed by atoms with Gasteiger partial charge in [-0.25, -0.2) is 24.8 Å². The van der Waals surface area contributed by atoms with E-state index in [1.165, 1.54) is 0 Å². The molecule has 0 spiro atoms. The van der Waals surface area contributed by atoms with Crippen LogP contribution in [0.2, 0.25) is 0 Å². The highest BCUT2D eigenvalue weighted by atomic mass is 32.2. The van der Waals surface area contributed by atoms with Crippen LogP contribution in [-0.4, -0.2) is 39.2 Å². The number of rotatable bonds is 8. The van der Waals surface area contributed by atoms with Crippen molar-refractivity contribution < 1.29 is 30.3 Å². The molecule has 0 bridgehead atoms. The molecular weight excluding hydrogens is 564 g/mol. The van der Waals surface area contributed by atoms with Crippen LogP contribution in [0.5, 0.6) is 0 Å². The van der Waals surface area contributed by atoms with Gasteiger partial charge < -0.3 is 4.98 Å². The Morgan fingerprint density at radius 2 is 1.73 bits per heavy atom. The van der Waals surface area contributed by atoms with Crippen molar-refractivity contribution in [1.82, 2.24) is 24.5 Å². The molecule has 2 N–H and O–H groups in total. The molecule has 214 valence electrons. The molecule has 0 aliphatic heterocycles. The van der Waals surface area contributed by atoms with E-state index in [2.05, 4.69) is 20.4 Å². The predicted octanol–water partition coefficient (Wildman–Crippen LogP) is 6.27. The molecule has 0 radical (unpaired) electrons. The van der Waals surface area contributed by atoms with Crippen molar-refractivity contribution in [1.29, 1.82) is 0 Å². The van der Waals surface area contributed by atoms with Crippen LogP contribution in [0.4, 0.5) is 23.5 Å². The van der Waals surface area contributed by atoms with Crippen LogP contribution in [0.3, 0.4) is 0 Å². The van der Waals surface area contributed by atoms with Crippen LogP contribution in [0.1, 0.15) is 19.4 Å². The van der Waals surface area contributed by atoms with Gasteiger partial charge in [0.25, 0.3) is 10.1 Å². The zero-order valence-electron chi connectivity index (χ0n) is 22.0. The summed E-state index contributed by atoms with van der Waals surface area (Å²) in [5.74, 6) is -1.21. The average molecular weight is 589 g/mol. The quantitative estimate of drug-likeness (QED) is 0.162. The first-order chi connectivity index (χ1) is 19.3. The minimum Gasteiger partial charge on any atom is -0.337 e. The van der Waals surface area contributed by atoms with Crippen LogP contribution in [0, 0.1) is 11.7 Å². The molecule has 0 saturated heterocycles. The topological polar surface area (TPSA) is 115 Å². The average Bonchev–Trinajstić information content (AvgIpc) is 3.48. The fourth-order valence-electron chi connectivity index (χ4n) is 4.35. The molecule has 3 aromatic heterocycles. The Morgan fingerprint density at radius 3 is 2.39 bits per heavy atom. The number of aromatic amines is 1. The number of benzene rings is 2. The second-order valence-electron chi connectivity index (χ2n) is 9.70. The third-order valence-electron chi connectivity index (χ3n) is 5.99. The SMILES string of the molecule is CC(C)Cn1c(NOS(C)(=O)=O)nc2ccc(-c3nc(-c4c(F)cccc4C(F)(F)F)[nH]c3-c3ccccc3)nc21. The molecule has 0 fully saturated rings. The number of H-pyrrole nitrogens is 1. The number of hydrogen-bond donors (Lipinski definition) is 2. The zero-order valence-corrected chi connectivity index (χ0v) is 22.8. The minimum absolute atomic E-state index is 0.0929. The maximum Gasteiger partial charge on any atom is 0.417 e. The van der Waals surface area contributed by atoms with E-state index >= 15 is 0 Å². The Kier molecular flexibility index (Phi) is 7.30. The first-order valence-corrected chi connectivity index (χ1v) is 14.2. The number of alkyl halides is 3. The molecule has 3 heterocycles. The lowest BCUT2D eigenvalue weighted by Crippen LogP contribution is -2.15. The highest BCUT2D eigenvalue weighted by molar-refractivity contribution is 7.86. The maximum absolute atomic E-state index is 14.9. The Morgan fingerprint density at radius 1 is 1.00 bits per heavy atom. The van der Waals surface area contributed by atoms with Gasteiger partial charge in [0, 0.05) is 12.1 Å². The second kappa shape index (κ2) is 10.6. The number of pyridine rings is 1. The zero-order chi connectivity index (χ0) is 29.5. The predicted molar refractivity (Wildman–Crippen MR) is 145 cm³/mol. The first kappa shape index (κ1) is 28.2. The summed E-state index contributed by atoms with van der Waals surface area (Å²) >= 11 is 0. The molecule has 0 saturated carbocycles. The monoisotopic (exact) mass is 588 g/mol. The largest absolute Gasteiger partial charge is 0.417 e. The van der Waals surface area contributed by atoms with Crippen molar-refractivity contribution in [3.05, 3.63) is 72.0 Å². The van der Waals surface area contributed by atoms with Crippen LogP contribution < -0.4 is 5.48 Å². The van der Waals surface area contributed by atoms with Gasteiger partial charge in [-0.2, -0.15) is 21.6 Å². The molecule has 5 rings (SSSR count). The fourth-order valence-corrected chi connectivity index (χ4v) is 4.58. The smallest absolute Gasteiger partial charge is 0.337 e. The third kappa shape index (κ3) is 5.93. The van der Waals surface area contributed by atoms with E-state index in [9.17, 15) is 26.0 Å². The van der Waals surface area contributed by atoms with Crippen LogP contribution in [-0.2, 0) is 27.1 Å². The van der Waals surface area contributed by atoms with E-state index in [0.29, 0.717) is 29.0 Å². The van der Waals surface area contributed by atoms with Gasteiger partial charge in [-0.05, 0) is 30.2 Å². The van der Waals surface area contributed by atoms with Gasteiger partial charge >= 0.3 is 6.18 Å². The molecule has 0 amide bonds. The third-order valence-corrected chi connectivity index (χ3v) is 6.38. The van der Waals surface area contributed by atoms with E-state index in [0.717, 1.165) is 24.5 Å². The van der Waals surface area contributed by atoms with E-state index in [-0.39, 0.29) is 29.1 Å². The molecule has 14 heteroatoms. The molecule has 0 aliphatic rings. The summed E-state index contributed by atoms with van der Waals surface area (Å²) in [5.41, 5.74) is 2.60. The van der Waals surface area contributed by atoms with Gasteiger partial charge in [0.05, 0.1) is 28.8 Å². The normalized spacial score (nSPS) is 12.4. The summed E-state index contributed by atoms with van der Waals surface area (Å²) < 4.78 is 85.9. The van der Waals surface area contributed by atoms with Crippen LogP contribution >= 0.6 is 0 Å². The fraction of sp³-hybridized carbons (Fsp3) is 0.222. The standard InChI is InChI=1S/C27H24F4N6O3S/c1-15(2)14-37-25-20(33-26(37)36-40-41(3,38)39)13-12-19(32-25)23-22(16-8-5-4-6-9-16)34-24(35-23)21-17(27(29,30)31)10-7-11-18(21)28/h4-13,15H,14H2,1-3H3,(H,33,36)(H,34,35). The van der Waals surface area contributed by atoms with Gasteiger partial charge in [0.15, 0.2) is 5.65 Å². The number of halogens is 4. The van der Waals surface area contributed by atoms with E-state index in [4.69, 9.17) is 9.27 Å². The lowest BCUT2D eigenvalue weighted by molar-refractivity contribution is -0.137. The molecule has 5 aromatic rings. The van der Waals surface area contributed by atoms with Crippen molar-refractivity contribution in [2.75, 3.05) is 11.7 Å². The lowest BCUT2D eigenvalue weighted by Gasteiger charge is -2.12. The summed E-state index contributed by atoms with van der Waals surface area (Å²) in [6.45, 7) is 4.26. The van der Waals surface area contributed by atoms with Crippen molar-refractivity contribution >= 4 is 27.2 Å². The Labute approximate surface area is 232 Å². The summed E-state index contributed by atoms with van der Waals surface area (Å²) in [6.07, 6.45) is -3.94. The van der Waals surface area contributed by atoms with Gasteiger partial charge in [-0.3, -0.25) is 4.57 Å². The number of nitrogens with zero attached hydrogens (tertiary/aromatic N) is 4. The van der Waals surface area contributed by atoms with E-state index in [1.54, 1.807) is 47.0 Å². The number of anilines is 1. The molecule has 41 heavy (non-hydrogen) atoms. The van der Waals surface area contributed by atoms with Gasteiger partial charge in [0.1, 0.15) is 22.9 Å². The van der Waals surface area contributed by atoms with Gasteiger partial charge in [0.2, 0.25) is 5.95 Å². The highest BCUT2D eigenvalue weighted by Crippen LogP contribution is 2.40. The van der Waals surface area contributed by atoms with Crippen molar-refractivity contribution in [2.24, 2.45) is 5.92 Å². The van der Waals surface area contributed by atoms with E-state index < -0.39 is 33.2 Å². The van der Waals surface area contributed by atoms with Gasteiger partial charge in [-0.15, -0.1) is 4.28 Å². The highest BCUT2D eigenvalue weighted by Gasteiger charge is 2.36. The Hall–Kier alpha value is -4.30. The molecule has 9 nitrogen and oxygen atoms in total. The second-order valence-corrected chi connectivity index (χ2v) is 11.3. The maximum atomic E-state index is 14.9. The summed E-state index contributed by atoms with van der Waals surface area (Å²) in [6, 6.07) is 14.7. The minimum atomic E-state index is -4.82. The van der Waals surface area contributed by atoms with Crippen molar-refractivity contribution in [3.63, 3.8) is 0 Å². The molecule has 0 aliphatic carbocycles. The first-order valence-electron chi connectivity index (χ1n) is 12.4. The Bertz CT molecular complexity index is 1830. The molecular formula is C27H24F4N6O3S. The number of aromatic nitrogens is 5. The van der Waals surface area contributed by atoms with Crippen LogP contribution in [0.25, 0.3) is 45.2 Å². The van der Waals surface area contributed by atoms with Crippen molar-refractivity contribution in [3.8, 4) is 34.0 Å².